The number of anilines is 2. The van der Waals surface area contributed by atoms with Gasteiger partial charge in [0.05, 0.1) is 32.5 Å². The second-order valence-corrected chi connectivity index (χ2v) is 6.54. The van der Waals surface area contributed by atoms with Gasteiger partial charge in [-0.05, 0) is 17.7 Å². The maximum Gasteiger partial charge on any atom is 0.249 e. The van der Waals surface area contributed by atoms with Crippen molar-refractivity contribution >= 4 is 23.3 Å². The van der Waals surface area contributed by atoms with Crippen LogP contribution in [0.25, 0.3) is 11.1 Å². The molecule has 2 aromatic carbocycles. The first kappa shape index (κ1) is 18.5. The van der Waals surface area contributed by atoms with Crippen molar-refractivity contribution in [1.29, 1.82) is 0 Å². The van der Waals surface area contributed by atoms with E-state index in [4.69, 9.17) is 9.47 Å². The molecular formula is C21H20N4O4. The summed E-state index contributed by atoms with van der Waals surface area (Å²) in [5, 5.41) is 10.0. The summed E-state index contributed by atoms with van der Waals surface area (Å²) in [4.78, 5) is 25.4. The molecular weight excluding hydrogens is 372 g/mol. The monoisotopic (exact) mass is 392 g/mol. The first-order chi connectivity index (χ1) is 14.1. The molecule has 1 unspecified atom stereocenters. The molecule has 148 valence electrons. The van der Waals surface area contributed by atoms with Crippen molar-refractivity contribution < 1.29 is 19.1 Å². The Morgan fingerprint density at radius 3 is 2.69 bits per heavy atom. The van der Waals surface area contributed by atoms with Crippen LogP contribution in [0.2, 0.25) is 0 Å². The number of amides is 2. The lowest BCUT2D eigenvalue weighted by atomic mass is 10.1. The third-order valence-electron chi connectivity index (χ3n) is 4.78. The molecule has 1 aliphatic heterocycles. The zero-order chi connectivity index (χ0) is 20.4. The summed E-state index contributed by atoms with van der Waals surface area (Å²) in [6, 6.07) is 13.9. The van der Waals surface area contributed by atoms with E-state index in [0.717, 1.165) is 11.1 Å². The SMILES string of the molecule is COc1ccc(OC)c(NC(=O)C2CC(=O)Nc3c(-c4ccccc4)cnn32)c1. The fraction of sp³-hybridized carbons (Fsp3) is 0.190. The topological polar surface area (TPSA) is 94.5 Å². The molecule has 0 saturated heterocycles. The van der Waals surface area contributed by atoms with Gasteiger partial charge in [-0.3, -0.25) is 9.59 Å². The summed E-state index contributed by atoms with van der Waals surface area (Å²) in [5.74, 6) is 0.965. The van der Waals surface area contributed by atoms with E-state index in [1.54, 1.807) is 36.2 Å². The highest BCUT2D eigenvalue weighted by Crippen LogP contribution is 2.35. The third-order valence-corrected chi connectivity index (χ3v) is 4.78. The fourth-order valence-corrected chi connectivity index (χ4v) is 3.33. The molecule has 8 heteroatoms. The van der Waals surface area contributed by atoms with E-state index in [1.165, 1.54) is 7.11 Å². The van der Waals surface area contributed by atoms with Gasteiger partial charge in [0.15, 0.2) is 0 Å². The smallest absolute Gasteiger partial charge is 0.249 e. The zero-order valence-electron chi connectivity index (χ0n) is 16.0. The Kier molecular flexibility index (Phi) is 4.90. The summed E-state index contributed by atoms with van der Waals surface area (Å²) in [6.07, 6.45) is 1.64. The number of aromatic nitrogens is 2. The summed E-state index contributed by atoms with van der Waals surface area (Å²) >= 11 is 0. The van der Waals surface area contributed by atoms with Crippen LogP contribution in [-0.2, 0) is 9.59 Å². The van der Waals surface area contributed by atoms with Crippen LogP contribution in [0.1, 0.15) is 12.5 Å². The minimum Gasteiger partial charge on any atom is -0.497 e. The normalized spacial score (nSPS) is 15.2. The predicted octanol–water partition coefficient (Wildman–Crippen LogP) is 3.09. The van der Waals surface area contributed by atoms with Gasteiger partial charge < -0.3 is 20.1 Å². The van der Waals surface area contributed by atoms with E-state index in [0.29, 0.717) is 23.0 Å². The Hall–Kier alpha value is -3.81. The Bertz CT molecular complexity index is 1060. The van der Waals surface area contributed by atoms with Crippen LogP contribution >= 0.6 is 0 Å². The Morgan fingerprint density at radius 1 is 1.17 bits per heavy atom. The molecule has 0 bridgehead atoms. The number of hydrogen-bond donors (Lipinski definition) is 2. The second kappa shape index (κ2) is 7.67. The summed E-state index contributed by atoms with van der Waals surface area (Å²) in [6.45, 7) is 0. The van der Waals surface area contributed by atoms with Gasteiger partial charge in [-0.25, -0.2) is 4.68 Å². The molecule has 2 amide bonds. The average molecular weight is 392 g/mol. The standard InChI is InChI=1S/C21H20N4O4/c1-28-14-8-9-18(29-2)16(10-14)23-21(27)17-11-19(26)24-20-15(12-22-25(17)20)13-6-4-3-5-7-13/h3-10,12,17H,11H2,1-2H3,(H,23,27)(H,24,26). The molecule has 3 aromatic rings. The van der Waals surface area contributed by atoms with Crippen LogP contribution < -0.4 is 20.1 Å². The van der Waals surface area contributed by atoms with E-state index in [-0.39, 0.29) is 18.2 Å². The van der Waals surface area contributed by atoms with E-state index < -0.39 is 6.04 Å². The van der Waals surface area contributed by atoms with E-state index in [1.807, 2.05) is 30.3 Å². The van der Waals surface area contributed by atoms with Crippen LogP contribution in [0, 0.1) is 0 Å². The summed E-state index contributed by atoms with van der Waals surface area (Å²) < 4.78 is 12.1. The molecule has 0 saturated carbocycles. The first-order valence-corrected chi connectivity index (χ1v) is 9.06. The van der Waals surface area contributed by atoms with Gasteiger partial charge in [0, 0.05) is 11.6 Å². The molecule has 0 fully saturated rings. The van der Waals surface area contributed by atoms with Crippen LogP contribution in [0.5, 0.6) is 11.5 Å². The molecule has 8 nitrogen and oxygen atoms in total. The maximum atomic E-state index is 13.0. The Balaban J connectivity index is 1.66. The van der Waals surface area contributed by atoms with Crippen molar-refractivity contribution in [2.45, 2.75) is 12.5 Å². The van der Waals surface area contributed by atoms with Crippen molar-refractivity contribution in [3.63, 3.8) is 0 Å². The zero-order valence-corrected chi connectivity index (χ0v) is 16.0. The first-order valence-electron chi connectivity index (χ1n) is 9.06. The molecule has 1 aliphatic rings. The number of nitrogens with one attached hydrogen (secondary N) is 2. The minimum absolute atomic E-state index is 0.0129. The number of rotatable bonds is 5. The number of nitrogens with zero attached hydrogens (tertiary/aromatic N) is 2. The van der Waals surface area contributed by atoms with Gasteiger partial charge in [0.2, 0.25) is 11.8 Å². The minimum atomic E-state index is -0.785. The van der Waals surface area contributed by atoms with Crippen LogP contribution in [-0.4, -0.2) is 35.8 Å². The molecule has 1 aromatic heterocycles. The number of carbonyl (C=O) groups is 2. The largest absolute Gasteiger partial charge is 0.497 e. The number of benzene rings is 2. The molecule has 0 aliphatic carbocycles. The summed E-state index contributed by atoms with van der Waals surface area (Å²) in [5.41, 5.74) is 2.12. The lowest BCUT2D eigenvalue weighted by Crippen LogP contribution is -2.35. The quantitative estimate of drug-likeness (QED) is 0.696. The van der Waals surface area contributed by atoms with Gasteiger partial charge >= 0.3 is 0 Å². The van der Waals surface area contributed by atoms with Crippen molar-refractivity contribution in [1.82, 2.24) is 9.78 Å². The second-order valence-electron chi connectivity index (χ2n) is 6.54. The highest BCUT2D eigenvalue weighted by atomic mass is 16.5. The Morgan fingerprint density at radius 2 is 1.97 bits per heavy atom. The molecule has 2 N–H and O–H groups in total. The molecule has 2 heterocycles. The molecule has 0 spiro atoms. The van der Waals surface area contributed by atoms with Crippen LogP contribution in [0.3, 0.4) is 0 Å². The number of hydrogen-bond acceptors (Lipinski definition) is 5. The number of ether oxygens (including phenoxy) is 2. The third kappa shape index (κ3) is 3.52. The lowest BCUT2D eigenvalue weighted by molar-refractivity contribution is -0.125. The number of methoxy groups -OCH3 is 2. The van der Waals surface area contributed by atoms with Gasteiger partial charge in [-0.1, -0.05) is 30.3 Å². The van der Waals surface area contributed by atoms with E-state index >= 15 is 0 Å². The van der Waals surface area contributed by atoms with Gasteiger partial charge in [0.25, 0.3) is 0 Å². The van der Waals surface area contributed by atoms with Crippen molar-refractivity contribution in [2.75, 3.05) is 24.9 Å². The molecule has 1 atom stereocenters. The van der Waals surface area contributed by atoms with Crippen LogP contribution in [0.15, 0.2) is 54.7 Å². The molecule has 29 heavy (non-hydrogen) atoms. The Labute approximate surface area is 167 Å². The number of fused-ring (bicyclic) bond motifs is 1. The van der Waals surface area contributed by atoms with Crippen LogP contribution in [0.4, 0.5) is 11.5 Å². The average Bonchev–Trinajstić information content (AvgIpc) is 3.17. The number of carbonyl (C=O) groups excluding carboxylic acids is 2. The highest BCUT2D eigenvalue weighted by molar-refractivity contribution is 6.03. The molecule has 4 rings (SSSR count). The maximum absolute atomic E-state index is 13.0. The highest BCUT2D eigenvalue weighted by Gasteiger charge is 2.33. The lowest BCUT2D eigenvalue weighted by Gasteiger charge is -2.25. The van der Waals surface area contributed by atoms with Gasteiger partial charge in [0.1, 0.15) is 23.4 Å². The fourth-order valence-electron chi connectivity index (χ4n) is 3.33. The van der Waals surface area contributed by atoms with E-state index in [9.17, 15) is 9.59 Å². The predicted molar refractivity (Wildman–Crippen MR) is 108 cm³/mol. The summed E-state index contributed by atoms with van der Waals surface area (Å²) in [7, 11) is 3.06. The van der Waals surface area contributed by atoms with Gasteiger partial charge in [-0.15, -0.1) is 0 Å². The molecule has 0 radical (unpaired) electrons. The van der Waals surface area contributed by atoms with Gasteiger partial charge in [-0.2, -0.15) is 5.10 Å². The van der Waals surface area contributed by atoms with E-state index in [2.05, 4.69) is 15.7 Å². The van der Waals surface area contributed by atoms with Crippen molar-refractivity contribution in [3.05, 3.63) is 54.7 Å². The van der Waals surface area contributed by atoms with Crippen molar-refractivity contribution in [2.24, 2.45) is 0 Å². The van der Waals surface area contributed by atoms with Crippen molar-refractivity contribution in [3.8, 4) is 22.6 Å².